The number of para-hydroxylation sites is 1. The normalized spacial score (nSPS) is 27.7. The molecule has 2 aliphatic rings. The molecule has 0 radical (unpaired) electrons. The first-order valence-electron chi connectivity index (χ1n) is 9.54. The Labute approximate surface area is 162 Å². The number of fused-ring (bicyclic) bond motifs is 2. The number of nitrogens with zero attached hydrogens (tertiary/aromatic N) is 1. The zero-order valence-corrected chi connectivity index (χ0v) is 15.4. The van der Waals surface area contributed by atoms with Gasteiger partial charge in [0, 0.05) is 24.1 Å². The van der Waals surface area contributed by atoms with Crippen LogP contribution in [-0.4, -0.2) is 46.0 Å². The van der Waals surface area contributed by atoms with E-state index in [4.69, 9.17) is 9.57 Å². The number of rotatable bonds is 4. The van der Waals surface area contributed by atoms with Crippen LogP contribution in [0.3, 0.4) is 0 Å². The third kappa shape index (κ3) is 2.90. The number of carbonyl (C=O) groups excluding carboxylic acids is 1. The maximum absolute atomic E-state index is 12.4. The smallest absolute Gasteiger partial charge is 0.325 e. The quantitative estimate of drug-likeness (QED) is 0.683. The van der Waals surface area contributed by atoms with Gasteiger partial charge in [0.05, 0.1) is 12.6 Å². The molecule has 3 aromatic rings. The van der Waals surface area contributed by atoms with Crippen LogP contribution in [0.2, 0.25) is 0 Å². The highest BCUT2D eigenvalue weighted by Gasteiger charge is 2.54. The van der Waals surface area contributed by atoms with E-state index < -0.39 is 11.6 Å². The number of esters is 1. The molecule has 0 amide bonds. The van der Waals surface area contributed by atoms with Gasteiger partial charge in [0.1, 0.15) is 18.2 Å². The fraction of sp³-hybridized carbons (Fsp3) is 0.318. The molecular weight excluding hydrogens is 356 g/mol. The molecule has 2 saturated heterocycles. The number of hydrogen-bond donors (Lipinski definition) is 2. The van der Waals surface area contributed by atoms with Gasteiger partial charge < -0.3 is 14.8 Å². The first-order chi connectivity index (χ1) is 13.7. The van der Waals surface area contributed by atoms with Gasteiger partial charge in [-0.25, -0.2) is 0 Å². The lowest BCUT2D eigenvalue weighted by atomic mass is 9.91. The summed E-state index contributed by atoms with van der Waals surface area (Å²) in [5.41, 5.74) is 2.18. The van der Waals surface area contributed by atoms with Gasteiger partial charge in [0.2, 0.25) is 0 Å². The van der Waals surface area contributed by atoms with E-state index in [0.29, 0.717) is 12.8 Å². The lowest BCUT2D eigenvalue weighted by Crippen LogP contribution is -2.46. The summed E-state index contributed by atoms with van der Waals surface area (Å²) in [6, 6.07) is 19.3. The highest BCUT2D eigenvalue weighted by atomic mass is 16.7. The molecule has 0 saturated carbocycles. The van der Waals surface area contributed by atoms with E-state index in [1.807, 2.05) is 54.6 Å². The molecule has 2 aliphatic heterocycles. The van der Waals surface area contributed by atoms with Crippen molar-refractivity contribution < 1.29 is 19.5 Å². The number of nitrogens with one attached hydrogen (secondary N) is 1. The van der Waals surface area contributed by atoms with Gasteiger partial charge in [0.15, 0.2) is 0 Å². The number of H-pyrrole nitrogens is 1. The number of morpholine rings is 1. The summed E-state index contributed by atoms with van der Waals surface area (Å²) in [5, 5.41) is 13.1. The highest BCUT2D eigenvalue weighted by Crippen LogP contribution is 2.42. The van der Waals surface area contributed by atoms with Crippen molar-refractivity contribution in [3.8, 4) is 0 Å². The lowest BCUT2D eigenvalue weighted by Gasteiger charge is -2.35. The second-order valence-electron chi connectivity index (χ2n) is 7.63. The Bertz CT molecular complexity index is 969. The van der Waals surface area contributed by atoms with Crippen molar-refractivity contribution in [3.05, 3.63) is 71.9 Å². The zero-order valence-electron chi connectivity index (χ0n) is 15.4. The Balaban J connectivity index is 1.45. The first-order valence-corrected chi connectivity index (χ1v) is 9.54. The number of aromatic nitrogens is 1. The number of carbonyl (C=O) groups is 1. The average Bonchev–Trinajstić information content (AvgIpc) is 3.31. The molecule has 2 aromatic carbocycles. The summed E-state index contributed by atoms with van der Waals surface area (Å²) in [5.74, 6) is -0.292. The molecule has 28 heavy (non-hydrogen) atoms. The Kier molecular flexibility index (Phi) is 4.19. The van der Waals surface area contributed by atoms with Crippen LogP contribution in [0.15, 0.2) is 60.7 Å². The van der Waals surface area contributed by atoms with Crippen LogP contribution in [0.4, 0.5) is 0 Å². The van der Waals surface area contributed by atoms with Crippen LogP contribution in [0.25, 0.3) is 10.9 Å². The van der Waals surface area contributed by atoms with Crippen LogP contribution < -0.4 is 0 Å². The number of aliphatic hydroxyl groups is 1. The molecule has 1 unspecified atom stereocenters. The van der Waals surface area contributed by atoms with Crippen molar-refractivity contribution in [1.29, 1.82) is 0 Å². The van der Waals surface area contributed by atoms with Gasteiger partial charge in [-0.05, 0) is 23.1 Å². The Hall–Kier alpha value is -2.67. The Morgan fingerprint density at radius 2 is 1.89 bits per heavy atom. The summed E-state index contributed by atoms with van der Waals surface area (Å²) in [7, 11) is 0. The fourth-order valence-corrected chi connectivity index (χ4v) is 4.31. The Morgan fingerprint density at radius 1 is 1.11 bits per heavy atom. The topological polar surface area (TPSA) is 74.8 Å². The van der Waals surface area contributed by atoms with Crippen molar-refractivity contribution in [1.82, 2.24) is 10.0 Å². The molecule has 3 heterocycles. The third-order valence-electron chi connectivity index (χ3n) is 5.71. The molecule has 3 atom stereocenters. The average molecular weight is 378 g/mol. The van der Waals surface area contributed by atoms with Crippen molar-refractivity contribution in [2.45, 2.75) is 30.5 Å². The monoisotopic (exact) mass is 378 g/mol. The summed E-state index contributed by atoms with van der Waals surface area (Å²) in [6.45, 7) is 0.0669. The lowest BCUT2D eigenvalue weighted by molar-refractivity contribution is -0.257. The summed E-state index contributed by atoms with van der Waals surface area (Å²) < 4.78 is 5.44. The maximum atomic E-state index is 12.4. The molecule has 0 bridgehead atoms. The number of aliphatic hydroxyl groups excluding tert-OH is 1. The van der Waals surface area contributed by atoms with Crippen LogP contribution in [0, 0.1) is 0 Å². The van der Waals surface area contributed by atoms with Gasteiger partial charge in [-0.2, -0.15) is 5.06 Å². The second-order valence-corrected chi connectivity index (χ2v) is 7.63. The fourth-order valence-electron chi connectivity index (χ4n) is 4.31. The van der Waals surface area contributed by atoms with Crippen molar-refractivity contribution >= 4 is 16.9 Å². The molecule has 144 valence electrons. The number of cyclic esters (lactones) is 1. The van der Waals surface area contributed by atoms with Crippen LogP contribution in [-0.2, 0) is 20.8 Å². The van der Waals surface area contributed by atoms with E-state index in [2.05, 4.69) is 11.1 Å². The standard InChI is InChI=1S/C22H22N2O4/c25-14-22(11-17-10-16-8-4-5-9-18(16)23-17)12-19-21(26)27-13-20(24(19)28-22)15-6-2-1-3-7-15/h1-10,19-20,23,25H,11-14H2/t19?,20-,22+/m1/s1. The van der Waals surface area contributed by atoms with E-state index in [9.17, 15) is 9.90 Å². The molecule has 5 rings (SSSR count). The highest BCUT2D eigenvalue weighted by molar-refractivity contribution is 5.80. The molecule has 2 fully saturated rings. The minimum atomic E-state index is -0.859. The number of ether oxygens (including phenoxy) is 1. The van der Waals surface area contributed by atoms with Gasteiger partial charge in [-0.1, -0.05) is 48.5 Å². The minimum absolute atomic E-state index is 0.176. The SMILES string of the molecule is O=C1OC[C@H](c2ccccc2)N2O[C@@](CO)(Cc3cc4ccccc4[nH]3)CC12. The number of hydrogen-bond acceptors (Lipinski definition) is 5. The molecule has 6 heteroatoms. The predicted molar refractivity (Wildman–Crippen MR) is 103 cm³/mol. The van der Waals surface area contributed by atoms with E-state index in [-0.39, 0.29) is 25.2 Å². The van der Waals surface area contributed by atoms with Gasteiger partial charge in [0.25, 0.3) is 0 Å². The van der Waals surface area contributed by atoms with E-state index in [0.717, 1.165) is 22.2 Å². The van der Waals surface area contributed by atoms with Crippen molar-refractivity contribution in [2.24, 2.45) is 0 Å². The molecule has 1 aromatic heterocycles. The first kappa shape index (κ1) is 17.4. The van der Waals surface area contributed by atoms with E-state index in [1.165, 1.54) is 0 Å². The number of hydroxylamine groups is 2. The van der Waals surface area contributed by atoms with Crippen LogP contribution in [0.1, 0.15) is 23.7 Å². The zero-order chi connectivity index (χ0) is 19.1. The minimum Gasteiger partial charge on any atom is -0.462 e. The van der Waals surface area contributed by atoms with E-state index in [1.54, 1.807) is 5.06 Å². The largest absolute Gasteiger partial charge is 0.462 e. The number of aromatic amines is 1. The van der Waals surface area contributed by atoms with Crippen molar-refractivity contribution in [3.63, 3.8) is 0 Å². The number of benzene rings is 2. The third-order valence-corrected chi connectivity index (χ3v) is 5.71. The predicted octanol–water partition coefficient (Wildman–Crippen LogP) is 2.75. The maximum Gasteiger partial charge on any atom is 0.325 e. The van der Waals surface area contributed by atoms with Gasteiger partial charge in [-0.15, -0.1) is 0 Å². The summed E-state index contributed by atoms with van der Waals surface area (Å²) in [6.07, 6.45) is 0.876. The van der Waals surface area contributed by atoms with Gasteiger partial charge in [-0.3, -0.25) is 9.63 Å². The molecule has 6 nitrogen and oxygen atoms in total. The second kappa shape index (κ2) is 6.74. The van der Waals surface area contributed by atoms with E-state index >= 15 is 0 Å². The molecule has 0 aliphatic carbocycles. The van der Waals surface area contributed by atoms with Gasteiger partial charge >= 0.3 is 5.97 Å². The summed E-state index contributed by atoms with van der Waals surface area (Å²) in [4.78, 5) is 22.1. The Morgan fingerprint density at radius 3 is 2.68 bits per heavy atom. The molecule has 2 N–H and O–H groups in total. The molecule has 0 spiro atoms. The van der Waals surface area contributed by atoms with Crippen LogP contribution in [0.5, 0.6) is 0 Å². The van der Waals surface area contributed by atoms with Crippen LogP contribution >= 0.6 is 0 Å². The van der Waals surface area contributed by atoms with Crippen molar-refractivity contribution in [2.75, 3.05) is 13.2 Å². The summed E-state index contributed by atoms with van der Waals surface area (Å²) >= 11 is 0. The molecular formula is C22H22N2O4.